The Hall–Kier alpha value is -0.670. The number of aryl methyl sites for hydroxylation is 1. The Labute approximate surface area is 76.2 Å². The van der Waals surface area contributed by atoms with Crippen molar-refractivity contribution >= 4 is 17.1 Å². The van der Waals surface area contributed by atoms with Gasteiger partial charge in [-0.1, -0.05) is 0 Å². The van der Waals surface area contributed by atoms with Crippen molar-refractivity contribution in [1.82, 2.24) is 0 Å². The number of ketones is 1. The van der Waals surface area contributed by atoms with Gasteiger partial charge in [-0.2, -0.15) is 0 Å². The molecule has 0 fully saturated rings. The van der Waals surface area contributed by atoms with Crippen LogP contribution in [-0.2, 0) is 4.74 Å². The highest BCUT2D eigenvalue weighted by Crippen LogP contribution is 2.14. The lowest BCUT2D eigenvalue weighted by Crippen LogP contribution is -2.01. The first kappa shape index (κ1) is 9.42. The molecule has 0 aliphatic heterocycles. The van der Waals surface area contributed by atoms with Crippen molar-refractivity contribution in [2.24, 2.45) is 0 Å². The standard InChI is InChI=1S/C9H12O2S/c1-7-5-8(6-12-7)9(10)3-4-11-2/h5-6H,3-4H2,1-2H3. The zero-order valence-electron chi connectivity index (χ0n) is 7.29. The maximum Gasteiger partial charge on any atom is 0.166 e. The molecule has 1 aromatic heterocycles. The van der Waals surface area contributed by atoms with E-state index in [9.17, 15) is 4.79 Å². The summed E-state index contributed by atoms with van der Waals surface area (Å²) in [6.45, 7) is 2.51. The maximum atomic E-state index is 11.3. The molecule has 0 spiro atoms. The van der Waals surface area contributed by atoms with Gasteiger partial charge in [0.25, 0.3) is 0 Å². The second kappa shape index (κ2) is 4.38. The summed E-state index contributed by atoms with van der Waals surface area (Å²) in [5.41, 5.74) is 0.814. The number of ether oxygens (including phenoxy) is 1. The predicted octanol–water partition coefficient (Wildman–Crippen LogP) is 2.28. The van der Waals surface area contributed by atoms with Gasteiger partial charge in [0, 0.05) is 29.4 Å². The topological polar surface area (TPSA) is 26.3 Å². The second-order valence-corrected chi connectivity index (χ2v) is 3.73. The Morgan fingerprint density at radius 3 is 2.92 bits per heavy atom. The average molecular weight is 184 g/mol. The molecular weight excluding hydrogens is 172 g/mol. The van der Waals surface area contributed by atoms with Gasteiger partial charge in [-0.25, -0.2) is 0 Å². The van der Waals surface area contributed by atoms with Crippen molar-refractivity contribution in [3.63, 3.8) is 0 Å². The molecule has 0 aliphatic carbocycles. The smallest absolute Gasteiger partial charge is 0.166 e. The van der Waals surface area contributed by atoms with Crippen molar-refractivity contribution < 1.29 is 9.53 Å². The highest BCUT2D eigenvalue weighted by Gasteiger charge is 2.06. The number of hydrogen-bond donors (Lipinski definition) is 0. The van der Waals surface area contributed by atoms with E-state index < -0.39 is 0 Å². The zero-order valence-corrected chi connectivity index (χ0v) is 8.11. The first-order valence-electron chi connectivity index (χ1n) is 3.81. The lowest BCUT2D eigenvalue weighted by Gasteiger charge is -1.95. The molecule has 0 saturated heterocycles. The minimum atomic E-state index is 0.168. The molecular formula is C9H12O2S. The summed E-state index contributed by atoms with van der Waals surface area (Å²) in [5.74, 6) is 0.168. The van der Waals surface area contributed by atoms with Crippen LogP contribution in [0.3, 0.4) is 0 Å². The van der Waals surface area contributed by atoms with Crippen LogP contribution >= 0.6 is 11.3 Å². The molecule has 0 saturated carbocycles. The van der Waals surface area contributed by atoms with Crippen LogP contribution < -0.4 is 0 Å². The van der Waals surface area contributed by atoms with Gasteiger partial charge in [0.15, 0.2) is 5.78 Å². The van der Waals surface area contributed by atoms with Gasteiger partial charge in [0.1, 0.15) is 0 Å². The summed E-state index contributed by atoms with van der Waals surface area (Å²) >= 11 is 1.60. The molecule has 12 heavy (non-hydrogen) atoms. The van der Waals surface area contributed by atoms with E-state index in [1.165, 1.54) is 4.88 Å². The molecule has 1 rings (SSSR count). The Kier molecular flexibility index (Phi) is 3.44. The van der Waals surface area contributed by atoms with Gasteiger partial charge in [-0.3, -0.25) is 4.79 Å². The van der Waals surface area contributed by atoms with Crippen molar-refractivity contribution in [3.05, 3.63) is 21.9 Å². The van der Waals surface area contributed by atoms with Crippen molar-refractivity contribution in [3.8, 4) is 0 Å². The summed E-state index contributed by atoms with van der Waals surface area (Å²) in [5, 5.41) is 1.90. The van der Waals surface area contributed by atoms with Crippen LogP contribution in [0, 0.1) is 6.92 Å². The summed E-state index contributed by atoms with van der Waals surface area (Å²) in [7, 11) is 1.60. The van der Waals surface area contributed by atoms with E-state index in [4.69, 9.17) is 4.74 Å². The monoisotopic (exact) mass is 184 g/mol. The SMILES string of the molecule is COCCC(=O)c1csc(C)c1. The first-order chi connectivity index (χ1) is 5.74. The van der Waals surface area contributed by atoms with Crippen LogP contribution in [0.4, 0.5) is 0 Å². The van der Waals surface area contributed by atoms with E-state index in [0.717, 1.165) is 5.56 Å². The molecule has 0 aromatic carbocycles. The Bertz CT molecular complexity index is 265. The molecule has 0 atom stereocenters. The Balaban J connectivity index is 2.53. The molecule has 0 radical (unpaired) electrons. The van der Waals surface area contributed by atoms with Crippen LogP contribution in [0.25, 0.3) is 0 Å². The maximum absolute atomic E-state index is 11.3. The lowest BCUT2D eigenvalue weighted by molar-refractivity contribution is 0.0932. The van der Waals surface area contributed by atoms with Crippen molar-refractivity contribution in [2.75, 3.05) is 13.7 Å². The van der Waals surface area contributed by atoms with E-state index in [1.807, 2.05) is 18.4 Å². The minimum absolute atomic E-state index is 0.168. The van der Waals surface area contributed by atoms with E-state index in [2.05, 4.69) is 0 Å². The van der Waals surface area contributed by atoms with Gasteiger partial charge in [-0.05, 0) is 13.0 Å². The molecule has 1 aromatic rings. The van der Waals surface area contributed by atoms with Crippen LogP contribution in [0.15, 0.2) is 11.4 Å². The predicted molar refractivity (Wildman–Crippen MR) is 49.9 cm³/mol. The summed E-state index contributed by atoms with van der Waals surface area (Å²) < 4.78 is 4.82. The third kappa shape index (κ3) is 2.43. The van der Waals surface area contributed by atoms with E-state index in [0.29, 0.717) is 13.0 Å². The van der Waals surface area contributed by atoms with Crippen LogP contribution in [0.5, 0.6) is 0 Å². The van der Waals surface area contributed by atoms with E-state index in [-0.39, 0.29) is 5.78 Å². The second-order valence-electron chi connectivity index (χ2n) is 2.61. The molecule has 0 aliphatic rings. The number of rotatable bonds is 4. The molecule has 0 bridgehead atoms. The third-order valence-electron chi connectivity index (χ3n) is 1.59. The summed E-state index contributed by atoms with van der Waals surface area (Å²) in [4.78, 5) is 12.5. The molecule has 0 amide bonds. The van der Waals surface area contributed by atoms with Crippen LogP contribution in [-0.4, -0.2) is 19.5 Å². The molecule has 3 heteroatoms. The largest absolute Gasteiger partial charge is 0.384 e. The third-order valence-corrected chi connectivity index (χ3v) is 2.45. The first-order valence-corrected chi connectivity index (χ1v) is 4.69. The number of carbonyl (C=O) groups is 1. The zero-order chi connectivity index (χ0) is 8.97. The highest BCUT2D eigenvalue weighted by molar-refractivity contribution is 7.10. The molecule has 0 N–H and O–H groups in total. The Morgan fingerprint density at radius 1 is 1.67 bits per heavy atom. The fourth-order valence-corrected chi connectivity index (χ4v) is 1.64. The Morgan fingerprint density at radius 2 is 2.42 bits per heavy atom. The van der Waals surface area contributed by atoms with Crippen molar-refractivity contribution in [2.45, 2.75) is 13.3 Å². The lowest BCUT2D eigenvalue weighted by atomic mass is 10.1. The van der Waals surface area contributed by atoms with Gasteiger partial charge in [-0.15, -0.1) is 11.3 Å². The van der Waals surface area contributed by atoms with Gasteiger partial charge in [0.05, 0.1) is 6.61 Å². The normalized spacial score (nSPS) is 10.2. The van der Waals surface area contributed by atoms with Gasteiger partial charge in [0.2, 0.25) is 0 Å². The van der Waals surface area contributed by atoms with Crippen molar-refractivity contribution in [1.29, 1.82) is 0 Å². The average Bonchev–Trinajstić information content (AvgIpc) is 2.47. The number of carbonyl (C=O) groups excluding carboxylic acids is 1. The van der Waals surface area contributed by atoms with Crippen LogP contribution in [0.2, 0.25) is 0 Å². The molecule has 0 unspecified atom stereocenters. The van der Waals surface area contributed by atoms with E-state index in [1.54, 1.807) is 18.4 Å². The fraction of sp³-hybridized carbons (Fsp3) is 0.444. The van der Waals surface area contributed by atoms with Crippen LogP contribution in [0.1, 0.15) is 21.7 Å². The fourth-order valence-electron chi connectivity index (χ4n) is 0.929. The number of methoxy groups -OCH3 is 1. The highest BCUT2D eigenvalue weighted by atomic mass is 32.1. The van der Waals surface area contributed by atoms with E-state index >= 15 is 0 Å². The van der Waals surface area contributed by atoms with Gasteiger partial charge >= 0.3 is 0 Å². The number of hydrogen-bond acceptors (Lipinski definition) is 3. The molecule has 66 valence electrons. The number of Topliss-reactive ketones (excluding diaryl/α,β-unsaturated/α-hetero) is 1. The number of thiophene rings is 1. The molecule has 1 heterocycles. The summed E-state index contributed by atoms with van der Waals surface area (Å²) in [6, 6.07) is 1.92. The minimum Gasteiger partial charge on any atom is -0.384 e. The summed E-state index contributed by atoms with van der Waals surface area (Å²) in [6.07, 6.45) is 0.479. The molecule has 2 nitrogen and oxygen atoms in total. The quantitative estimate of drug-likeness (QED) is 0.671. The van der Waals surface area contributed by atoms with Gasteiger partial charge < -0.3 is 4.74 Å².